The second kappa shape index (κ2) is 4.59. The molecule has 1 aromatic carbocycles. The lowest BCUT2D eigenvalue weighted by atomic mass is 9.75. The third kappa shape index (κ3) is 2.41. The zero-order valence-electron chi connectivity index (χ0n) is 12.9. The molecule has 1 heteroatoms. The van der Waals surface area contributed by atoms with Gasteiger partial charge in [-0.2, -0.15) is 0 Å². The van der Waals surface area contributed by atoms with Crippen molar-refractivity contribution in [3.63, 3.8) is 0 Å². The lowest BCUT2D eigenvalue weighted by molar-refractivity contribution is 0.247. The number of rotatable bonds is 5. The largest absolute Gasteiger partial charge is 0.313 e. The summed E-state index contributed by atoms with van der Waals surface area (Å²) in [6, 6.07) is 7.64. The van der Waals surface area contributed by atoms with Gasteiger partial charge in [-0.3, -0.25) is 0 Å². The maximum absolute atomic E-state index is 3.84. The number of fused-ring (bicyclic) bond motifs is 1. The van der Waals surface area contributed by atoms with E-state index in [0.717, 1.165) is 17.9 Å². The van der Waals surface area contributed by atoms with Crippen molar-refractivity contribution in [2.75, 3.05) is 6.54 Å². The predicted molar refractivity (Wildman–Crippen MR) is 83.9 cm³/mol. The maximum atomic E-state index is 3.84. The Balaban J connectivity index is 1.55. The van der Waals surface area contributed by atoms with Gasteiger partial charge in [0.1, 0.15) is 0 Å². The van der Waals surface area contributed by atoms with Gasteiger partial charge in [0.15, 0.2) is 0 Å². The van der Waals surface area contributed by atoms with E-state index in [1.165, 1.54) is 56.2 Å². The van der Waals surface area contributed by atoms with Crippen LogP contribution in [0.4, 0.5) is 0 Å². The molecule has 0 radical (unpaired) electrons. The first-order valence-electron chi connectivity index (χ1n) is 8.44. The SMILES string of the molecule is Cc1cccc(C)c1CC1(CNC2CC2)CC2CC2C1. The fourth-order valence-corrected chi connectivity index (χ4v) is 4.51. The van der Waals surface area contributed by atoms with E-state index in [9.17, 15) is 0 Å². The van der Waals surface area contributed by atoms with Gasteiger partial charge in [-0.25, -0.2) is 0 Å². The van der Waals surface area contributed by atoms with Crippen molar-refractivity contribution in [2.45, 2.75) is 58.4 Å². The van der Waals surface area contributed by atoms with Gasteiger partial charge < -0.3 is 5.32 Å². The summed E-state index contributed by atoms with van der Waals surface area (Å²) >= 11 is 0. The number of nitrogens with one attached hydrogen (secondary N) is 1. The third-order valence-electron chi connectivity index (χ3n) is 6.00. The van der Waals surface area contributed by atoms with Gasteiger partial charge in [0, 0.05) is 12.6 Å². The van der Waals surface area contributed by atoms with Gasteiger partial charge in [0.2, 0.25) is 0 Å². The van der Waals surface area contributed by atoms with E-state index in [4.69, 9.17) is 0 Å². The van der Waals surface area contributed by atoms with E-state index in [2.05, 4.69) is 37.4 Å². The summed E-state index contributed by atoms with van der Waals surface area (Å²) < 4.78 is 0. The maximum Gasteiger partial charge on any atom is 0.00684 e. The Bertz CT molecular complexity index is 484. The molecule has 4 rings (SSSR count). The Hall–Kier alpha value is -0.820. The topological polar surface area (TPSA) is 12.0 Å². The number of benzene rings is 1. The summed E-state index contributed by atoms with van der Waals surface area (Å²) in [6.07, 6.45) is 8.60. The van der Waals surface area contributed by atoms with Gasteiger partial charge >= 0.3 is 0 Å². The van der Waals surface area contributed by atoms with E-state index in [1.54, 1.807) is 5.56 Å². The van der Waals surface area contributed by atoms with Gasteiger partial charge in [-0.15, -0.1) is 0 Å². The molecule has 3 fully saturated rings. The Morgan fingerprint density at radius 2 is 1.75 bits per heavy atom. The summed E-state index contributed by atoms with van der Waals surface area (Å²) in [5.74, 6) is 2.14. The molecule has 0 heterocycles. The van der Waals surface area contributed by atoms with Crippen molar-refractivity contribution in [3.8, 4) is 0 Å². The molecule has 1 N–H and O–H groups in total. The van der Waals surface area contributed by atoms with Crippen molar-refractivity contribution >= 4 is 0 Å². The quantitative estimate of drug-likeness (QED) is 0.851. The molecule has 2 unspecified atom stereocenters. The highest BCUT2D eigenvalue weighted by molar-refractivity contribution is 5.35. The molecule has 1 nitrogen and oxygen atoms in total. The summed E-state index contributed by atoms with van der Waals surface area (Å²) in [5.41, 5.74) is 5.19. The highest BCUT2D eigenvalue weighted by Crippen LogP contribution is 2.61. The van der Waals surface area contributed by atoms with Crippen molar-refractivity contribution in [1.29, 1.82) is 0 Å². The minimum atomic E-state index is 0.563. The van der Waals surface area contributed by atoms with Gasteiger partial charge in [-0.1, -0.05) is 18.2 Å². The molecule has 0 amide bonds. The standard InChI is InChI=1S/C19H27N/c1-13-4-3-5-14(2)18(13)11-19(12-20-17-6-7-17)9-15-8-16(15)10-19/h3-5,15-17,20H,6-12H2,1-2H3. The zero-order valence-corrected chi connectivity index (χ0v) is 12.9. The first kappa shape index (κ1) is 12.9. The average Bonchev–Trinajstić information content (AvgIpc) is 3.33. The van der Waals surface area contributed by atoms with Crippen molar-refractivity contribution in [2.24, 2.45) is 17.3 Å². The Morgan fingerprint density at radius 3 is 2.35 bits per heavy atom. The summed E-state index contributed by atoms with van der Waals surface area (Å²) in [5, 5.41) is 3.84. The van der Waals surface area contributed by atoms with E-state index >= 15 is 0 Å². The smallest absolute Gasteiger partial charge is 0.00684 e. The second-order valence-electron chi connectivity index (χ2n) is 7.87. The molecule has 0 spiro atoms. The molecule has 3 saturated carbocycles. The van der Waals surface area contributed by atoms with Gasteiger partial charge in [-0.05, 0) is 86.3 Å². The van der Waals surface area contributed by atoms with Crippen LogP contribution in [-0.4, -0.2) is 12.6 Å². The van der Waals surface area contributed by atoms with Crippen molar-refractivity contribution < 1.29 is 0 Å². The molecule has 0 saturated heterocycles. The lowest BCUT2D eigenvalue weighted by Gasteiger charge is -2.33. The van der Waals surface area contributed by atoms with Gasteiger partial charge in [0.05, 0.1) is 0 Å². The van der Waals surface area contributed by atoms with E-state index in [0.29, 0.717) is 5.41 Å². The molecule has 0 aromatic heterocycles. The molecule has 108 valence electrons. The van der Waals surface area contributed by atoms with Crippen LogP contribution in [0.15, 0.2) is 18.2 Å². The van der Waals surface area contributed by atoms with Crippen LogP contribution in [0, 0.1) is 31.1 Å². The van der Waals surface area contributed by atoms with Crippen LogP contribution < -0.4 is 5.32 Å². The van der Waals surface area contributed by atoms with Crippen molar-refractivity contribution in [3.05, 3.63) is 34.9 Å². The molecule has 0 aliphatic heterocycles. The normalized spacial score (nSPS) is 35.1. The first-order valence-corrected chi connectivity index (χ1v) is 8.44. The predicted octanol–water partition coefficient (Wildman–Crippen LogP) is 4.01. The number of hydrogen-bond acceptors (Lipinski definition) is 1. The molecule has 1 aromatic rings. The number of hydrogen-bond donors (Lipinski definition) is 1. The molecule has 2 atom stereocenters. The minimum absolute atomic E-state index is 0.563. The lowest BCUT2D eigenvalue weighted by Crippen LogP contribution is -2.36. The Kier molecular flexibility index (Phi) is 2.96. The fourth-order valence-electron chi connectivity index (χ4n) is 4.51. The van der Waals surface area contributed by atoms with Crippen LogP contribution in [-0.2, 0) is 6.42 Å². The monoisotopic (exact) mass is 269 g/mol. The zero-order chi connectivity index (χ0) is 13.7. The van der Waals surface area contributed by atoms with Crippen LogP contribution in [0.5, 0.6) is 0 Å². The fraction of sp³-hybridized carbons (Fsp3) is 0.684. The average molecular weight is 269 g/mol. The third-order valence-corrected chi connectivity index (χ3v) is 6.00. The first-order chi connectivity index (χ1) is 9.65. The second-order valence-corrected chi connectivity index (χ2v) is 7.87. The van der Waals surface area contributed by atoms with E-state index < -0.39 is 0 Å². The molecule has 20 heavy (non-hydrogen) atoms. The minimum Gasteiger partial charge on any atom is -0.313 e. The molecule has 0 bridgehead atoms. The van der Waals surface area contributed by atoms with Crippen LogP contribution in [0.2, 0.25) is 0 Å². The van der Waals surface area contributed by atoms with E-state index in [1.807, 2.05) is 0 Å². The highest BCUT2D eigenvalue weighted by atomic mass is 15.0. The van der Waals surface area contributed by atoms with Gasteiger partial charge in [0.25, 0.3) is 0 Å². The Morgan fingerprint density at radius 1 is 1.10 bits per heavy atom. The molecular weight excluding hydrogens is 242 g/mol. The van der Waals surface area contributed by atoms with Crippen LogP contribution in [0.1, 0.15) is 48.8 Å². The number of aryl methyl sites for hydroxylation is 2. The van der Waals surface area contributed by atoms with Crippen LogP contribution in [0.3, 0.4) is 0 Å². The summed E-state index contributed by atoms with van der Waals surface area (Å²) in [7, 11) is 0. The highest BCUT2D eigenvalue weighted by Gasteiger charge is 2.53. The van der Waals surface area contributed by atoms with Crippen LogP contribution >= 0.6 is 0 Å². The van der Waals surface area contributed by atoms with E-state index in [-0.39, 0.29) is 0 Å². The Labute approximate surface area is 123 Å². The summed E-state index contributed by atoms with van der Waals surface area (Å²) in [6.45, 7) is 5.85. The summed E-state index contributed by atoms with van der Waals surface area (Å²) in [4.78, 5) is 0. The molecule has 3 aliphatic rings. The van der Waals surface area contributed by atoms with Crippen LogP contribution in [0.25, 0.3) is 0 Å². The molecule has 3 aliphatic carbocycles. The molecular formula is C19H27N. The van der Waals surface area contributed by atoms with Crippen molar-refractivity contribution in [1.82, 2.24) is 5.32 Å².